The minimum atomic E-state index is -5.52. The molecular weight excluding hydrogens is 568 g/mol. The van der Waals surface area contributed by atoms with E-state index in [9.17, 15) is 48.3 Å². The number of ether oxygens (including phenoxy) is 1. The molecule has 0 saturated carbocycles. The van der Waals surface area contributed by atoms with E-state index in [1.54, 1.807) is 6.92 Å². The van der Waals surface area contributed by atoms with Gasteiger partial charge in [0, 0.05) is 18.1 Å². The molecular formula is C27H18F12O. The predicted molar refractivity (Wildman–Crippen MR) is 118 cm³/mol. The molecule has 216 valence electrons. The van der Waals surface area contributed by atoms with Crippen molar-refractivity contribution < 1.29 is 57.4 Å². The monoisotopic (exact) mass is 586 g/mol. The summed E-state index contributed by atoms with van der Waals surface area (Å²) in [6.07, 6.45) is -9.07. The van der Waals surface area contributed by atoms with Crippen molar-refractivity contribution in [2.24, 2.45) is 11.8 Å². The van der Waals surface area contributed by atoms with Crippen LogP contribution in [0.1, 0.15) is 42.4 Å². The molecule has 40 heavy (non-hydrogen) atoms. The molecule has 0 radical (unpaired) electrons. The van der Waals surface area contributed by atoms with Crippen LogP contribution in [0.15, 0.2) is 59.7 Å². The molecule has 0 heterocycles. The van der Waals surface area contributed by atoms with E-state index < -0.39 is 94.1 Å². The van der Waals surface area contributed by atoms with E-state index in [1.807, 2.05) is 0 Å². The fraction of sp³-hybridized carbons (Fsp3) is 0.333. The molecule has 2 unspecified atom stereocenters. The molecule has 2 aromatic rings. The topological polar surface area (TPSA) is 9.23 Å². The smallest absolute Gasteiger partial charge is 0.429 e. The summed E-state index contributed by atoms with van der Waals surface area (Å²) in [4.78, 5) is 0. The SMILES string of the molecule is C[C@H]1C=C(F)C(C2C=C(F)C(c3cc(F)c(C(F)(F)Oc4cc(F)c(C(F)(F)F)c(F)c4)c(F)c3)[C@@H](F)C2)=CC1. The van der Waals surface area contributed by atoms with Crippen LogP contribution in [0.25, 0.3) is 0 Å². The highest BCUT2D eigenvalue weighted by molar-refractivity contribution is 5.41. The molecule has 2 aromatic carbocycles. The van der Waals surface area contributed by atoms with Gasteiger partial charge in [-0.1, -0.05) is 13.0 Å². The van der Waals surface area contributed by atoms with Crippen LogP contribution >= 0.6 is 0 Å². The first-order valence-corrected chi connectivity index (χ1v) is 11.7. The molecule has 4 atom stereocenters. The van der Waals surface area contributed by atoms with Gasteiger partial charge in [0.25, 0.3) is 0 Å². The van der Waals surface area contributed by atoms with Gasteiger partial charge in [0.2, 0.25) is 0 Å². The Balaban J connectivity index is 1.62. The zero-order valence-corrected chi connectivity index (χ0v) is 20.2. The summed E-state index contributed by atoms with van der Waals surface area (Å²) in [5.74, 6) is -15.2. The van der Waals surface area contributed by atoms with Crippen LogP contribution in [0.3, 0.4) is 0 Å². The number of hydrogen-bond acceptors (Lipinski definition) is 1. The number of benzene rings is 2. The van der Waals surface area contributed by atoms with Gasteiger partial charge in [-0.2, -0.15) is 22.0 Å². The lowest BCUT2D eigenvalue weighted by Gasteiger charge is -2.31. The van der Waals surface area contributed by atoms with Gasteiger partial charge in [-0.05, 0) is 54.2 Å². The maximum atomic E-state index is 15.1. The number of rotatable bonds is 5. The van der Waals surface area contributed by atoms with Gasteiger partial charge in [0.1, 0.15) is 58.0 Å². The quantitative estimate of drug-likeness (QED) is 0.317. The summed E-state index contributed by atoms with van der Waals surface area (Å²) in [6.45, 7) is 1.74. The molecule has 0 saturated heterocycles. The summed E-state index contributed by atoms with van der Waals surface area (Å²) in [6, 6.07) is -0.0965. The Morgan fingerprint density at radius 3 is 1.82 bits per heavy atom. The van der Waals surface area contributed by atoms with Crippen molar-refractivity contribution in [2.45, 2.75) is 44.1 Å². The van der Waals surface area contributed by atoms with Crippen LogP contribution in [-0.2, 0) is 12.3 Å². The summed E-state index contributed by atoms with van der Waals surface area (Å²) >= 11 is 0. The van der Waals surface area contributed by atoms with Crippen molar-refractivity contribution in [1.29, 1.82) is 0 Å². The van der Waals surface area contributed by atoms with E-state index in [0.29, 0.717) is 6.42 Å². The maximum absolute atomic E-state index is 15.1. The molecule has 1 nitrogen and oxygen atoms in total. The van der Waals surface area contributed by atoms with Crippen molar-refractivity contribution in [2.75, 3.05) is 0 Å². The van der Waals surface area contributed by atoms with Crippen molar-refractivity contribution in [3.8, 4) is 5.75 Å². The van der Waals surface area contributed by atoms with Crippen LogP contribution in [0.5, 0.6) is 5.75 Å². The second-order valence-electron chi connectivity index (χ2n) is 9.51. The van der Waals surface area contributed by atoms with Crippen LogP contribution in [0.4, 0.5) is 52.7 Å². The van der Waals surface area contributed by atoms with Crippen molar-refractivity contribution >= 4 is 0 Å². The molecule has 0 aliphatic heterocycles. The van der Waals surface area contributed by atoms with Crippen molar-refractivity contribution in [3.05, 3.63) is 99.7 Å². The Morgan fingerprint density at radius 1 is 0.775 bits per heavy atom. The van der Waals surface area contributed by atoms with Gasteiger partial charge >= 0.3 is 12.3 Å². The van der Waals surface area contributed by atoms with E-state index >= 15 is 4.39 Å². The summed E-state index contributed by atoms with van der Waals surface area (Å²) in [5, 5.41) is 0. The molecule has 0 bridgehead atoms. The normalized spacial score (nSPS) is 23.9. The largest absolute Gasteiger partial charge is 0.432 e. The number of hydrogen-bond donors (Lipinski definition) is 0. The highest BCUT2D eigenvalue weighted by Crippen LogP contribution is 2.45. The first-order chi connectivity index (χ1) is 18.5. The van der Waals surface area contributed by atoms with Crippen LogP contribution in [0, 0.1) is 35.1 Å². The van der Waals surface area contributed by atoms with E-state index in [0.717, 1.165) is 6.08 Å². The van der Waals surface area contributed by atoms with Crippen molar-refractivity contribution in [3.63, 3.8) is 0 Å². The van der Waals surface area contributed by atoms with Crippen LogP contribution in [-0.4, -0.2) is 6.17 Å². The third-order valence-electron chi connectivity index (χ3n) is 6.57. The second kappa shape index (κ2) is 10.5. The van der Waals surface area contributed by atoms with E-state index in [-0.39, 0.29) is 35.8 Å². The predicted octanol–water partition coefficient (Wildman–Crippen LogP) is 9.50. The Kier molecular flexibility index (Phi) is 7.81. The minimum absolute atomic E-state index is 0.0509. The Morgan fingerprint density at radius 2 is 1.32 bits per heavy atom. The highest BCUT2D eigenvalue weighted by atomic mass is 19.4. The molecule has 2 aliphatic rings. The maximum Gasteiger partial charge on any atom is 0.432 e. The first-order valence-electron chi connectivity index (χ1n) is 11.7. The van der Waals surface area contributed by atoms with Gasteiger partial charge in [-0.15, -0.1) is 0 Å². The molecule has 2 aliphatic carbocycles. The number of halogens is 12. The minimum Gasteiger partial charge on any atom is -0.429 e. The lowest BCUT2D eigenvalue weighted by molar-refractivity contribution is -0.189. The fourth-order valence-electron chi connectivity index (χ4n) is 4.78. The van der Waals surface area contributed by atoms with Crippen molar-refractivity contribution in [1.82, 2.24) is 0 Å². The standard InChI is InChI=1S/C27H18F12O/c1-11-2-3-15(16(28)4-11)12-5-17(29)23(18(30)6-12)13-7-19(31)25(20(32)8-13)27(38,39)40-14-9-21(33)24(22(34)10-14)26(35,36)37/h3-5,7-12,18,23H,2,6H2,1H3/t11-,12?,18+,23?/m1/s1. The van der Waals surface area contributed by atoms with Gasteiger partial charge in [-0.3, -0.25) is 0 Å². The molecule has 0 amide bonds. The van der Waals surface area contributed by atoms with Gasteiger partial charge < -0.3 is 4.74 Å². The zero-order chi connectivity index (χ0) is 29.7. The third kappa shape index (κ3) is 5.73. The molecule has 4 rings (SSSR count). The number of alkyl halides is 6. The molecule has 0 N–H and O–H groups in total. The highest BCUT2D eigenvalue weighted by Gasteiger charge is 2.44. The number of allylic oxidation sites excluding steroid dienone is 6. The molecule has 0 aromatic heterocycles. The second-order valence-corrected chi connectivity index (χ2v) is 9.51. The molecule has 0 spiro atoms. The summed E-state index contributed by atoms with van der Waals surface area (Å²) in [5.41, 5.74) is -5.19. The molecule has 13 heteroatoms. The Labute approximate surface area is 219 Å². The third-order valence-corrected chi connectivity index (χ3v) is 6.57. The van der Waals surface area contributed by atoms with Crippen LogP contribution in [0.2, 0.25) is 0 Å². The average molecular weight is 586 g/mol. The lowest BCUT2D eigenvalue weighted by atomic mass is 9.77. The van der Waals surface area contributed by atoms with E-state index in [4.69, 9.17) is 0 Å². The molecule has 0 fully saturated rings. The summed E-state index contributed by atoms with van der Waals surface area (Å²) < 4.78 is 173. The van der Waals surface area contributed by atoms with Crippen LogP contribution < -0.4 is 4.74 Å². The Bertz CT molecular complexity index is 1360. The van der Waals surface area contributed by atoms with Gasteiger partial charge in [0.05, 0.1) is 5.92 Å². The first kappa shape index (κ1) is 29.6. The van der Waals surface area contributed by atoms with Gasteiger partial charge in [-0.25, -0.2) is 30.7 Å². The van der Waals surface area contributed by atoms with E-state index in [1.165, 1.54) is 12.2 Å². The fourth-order valence-corrected chi connectivity index (χ4v) is 4.78. The lowest BCUT2D eigenvalue weighted by Crippen LogP contribution is -2.28. The van der Waals surface area contributed by atoms with Gasteiger partial charge in [0.15, 0.2) is 0 Å². The zero-order valence-electron chi connectivity index (χ0n) is 20.2. The summed E-state index contributed by atoms with van der Waals surface area (Å²) in [7, 11) is 0. The van der Waals surface area contributed by atoms with E-state index in [2.05, 4.69) is 4.74 Å². The average Bonchev–Trinajstić information content (AvgIpc) is 2.76. The Hall–Kier alpha value is -3.38.